The number of benzene rings is 1. The van der Waals surface area contributed by atoms with Crippen molar-refractivity contribution in [1.29, 1.82) is 5.26 Å². The Morgan fingerprint density at radius 3 is 2.36 bits per heavy atom. The van der Waals surface area contributed by atoms with E-state index >= 15 is 0 Å². The number of amides is 1. The first-order valence-corrected chi connectivity index (χ1v) is 8.59. The summed E-state index contributed by atoms with van der Waals surface area (Å²) in [5.41, 5.74) is -0.759. The average molecular weight is 385 g/mol. The Bertz CT molecular complexity index is 686. The van der Waals surface area contributed by atoms with E-state index < -0.39 is 24.0 Å². The summed E-state index contributed by atoms with van der Waals surface area (Å²) >= 11 is 11.9. The van der Waals surface area contributed by atoms with Gasteiger partial charge in [-0.15, -0.1) is 0 Å². The lowest BCUT2D eigenvalue weighted by Gasteiger charge is -2.31. The van der Waals surface area contributed by atoms with Crippen LogP contribution in [0, 0.1) is 11.3 Å². The monoisotopic (exact) mass is 384 g/mol. The summed E-state index contributed by atoms with van der Waals surface area (Å²) in [4.78, 5) is 24.1. The van der Waals surface area contributed by atoms with Crippen molar-refractivity contribution >= 4 is 35.1 Å². The van der Waals surface area contributed by atoms with Crippen molar-refractivity contribution in [2.75, 3.05) is 13.7 Å². The maximum absolute atomic E-state index is 12.1. The number of halogens is 2. The van der Waals surface area contributed by atoms with E-state index in [-0.39, 0.29) is 21.4 Å². The summed E-state index contributed by atoms with van der Waals surface area (Å²) in [6.45, 7) is -0.483. The fourth-order valence-corrected chi connectivity index (χ4v) is 3.45. The molecule has 0 radical (unpaired) electrons. The van der Waals surface area contributed by atoms with Crippen LogP contribution in [0.2, 0.25) is 10.0 Å². The molecule has 0 unspecified atom stereocenters. The smallest absolute Gasteiger partial charge is 0.338 e. The molecule has 0 aliphatic heterocycles. The zero-order valence-electron chi connectivity index (χ0n) is 13.7. The number of carbonyl (C=O) groups excluding carboxylic acids is 2. The predicted molar refractivity (Wildman–Crippen MR) is 92.9 cm³/mol. The first-order valence-electron chi connectivity index (χ1n) is 7.83. The standard InChI is InChI=1S/C17H18Cl2N2O4/c1-24-15-12(18)7-11(8-13(15)19)16(23)25-9-14(22)21-17(10-20)5-3-2-4-6-17/h7-8H,2-6,9H2,1H3,(H,21,22). The molecule has 2 rings (SSSR count). The van der Waals surface area contributed by atoms with Crippen LogP contribution < -0.4 is 10.1 Å². The number of carbonyl (C=O) groups is 2. The van der Waals surface area contributed by atoms with Crippen molar-refractivity contribution in [2.45, 2.75) is 37.6 Å². The third-order valence-corrected chi connectivity index (χ3v) is 4.63. The molecule has 1 saturated carbocycles. The van der Waals surface area contributed by atoms with Crippen molar-refractivity contribution < 1.29 is 19.1 Å². The maximum Gasteiger partial charge on any atom is 0.338 e. The second-order valence-electron chi connectivity index (χ2n) is 5.85. The van der Waals surface area contributed by atoms with Crippen LogP contribution in [0.1, 0.15) is 42.5 Å². The first kappa shape index (κ1) is 19.4. The van der Waals surface area contributed by atoms with Crippen LogP contribution in [0.4, 0.5) is 0 Å². The Labute approximate surface area is 156 Å². The summed E-state index contributed by atoms with van der Waals surface area (Å²) in [6.07, 6.45) is 4.03. The van der Waals surface area contributed by atoms with Gasteiger partial charge in [-0.1, -0.05) is 42.5 Å². The lowest BCUT2D eigenvalue weighted by atomic mass is 9.83. The van der Waals surface area contributed by atoms with E-state index in [9.17, 15) is 14.9 Å². The fraction of sp³-hybridized carbons (Fsp3) is 0.471. The van der Waals surface area contributed by atoms with E-state index in [0.29, 0.717) is 12.8 Å². The third kappa shape index (κ3) is 4.77. The second-order valence-corrected chi connectivity index (χ2v) is 6.67. The van der Waals surface area contributed by atoms with Crippen LogP contribution in [-0.4, -0.2) is 31.1 Å². The number of nitrogens with zero attached hydrogens (tertiary/aromatic N) is 1. The molecule has 1 aromatic rings. The van der Waals surface area contributed by atoms with Gasteiger partial charge < -0.3 is 14.8 Å². The molecule has 0 spiro atoms. The fourth-order valence-electron chi connectivity index (χ4n) is 2.81. The molecule has 0 heterocycles. The molecule has 1 aliphatic carbocycles. The van der Waals surface area contributed by atoms with Gasteiger partial charge in [0.15, 0.2) is 12.4 Å². The molecule has 0 atom stereocenters. The van der Waals surface area contributed by atoms with E-state index in [1.807, 2.05) is 0 Å². The van der Waals surface area contributed by atoms with E-state index in [1.165, 1.54) is 19.2 Å². The van der Waals surface area contributed by atoms with Gasteiger partial charge in [-0.25, -0.2) is 4.79 Å². The van der Waals surface area contributed by atoms with Gasteiger partial charge in [0.05, 0.1) is 28.8 Å². The lowest BCUT2D eigenvalue weighted by molar-refractivity contribution is -0.125. The van der Waals surface area contributed by atoms with E-state index in [4.69, 9.17) is 32.7 Å². The van der Waals surface area contributed by atoms with E-state index in [0.717, 1.165) is 19.3 Å². The minimum absolute atomic E-state index is 0.108. The van der Waals surface area contributed by atoms with E-state index in [2.05, 4.69) is 11.4 Å². The highest BCUT2D eigenvalue weighted by atomic mass is 35.5. The first-order chi connectivity index (χ1) is 11.9. The number of methoxy groups -OCH3 is 1. The normalized spacial score (nSPS) is 15.8. The largest absolute Gasteiger partial charge is 0.494 e. The number of hydrogen-bond acceptors (Lipinski definition) is 5. The van der Waals surface area contributed by atoms with Crippen LogP contribution in [-0.2, 0) is 9.53 Å². The van der Waals surface area contributed by atoms with E-state index in [1.54, 1.807) is 0 Å². The molecule has 0 saturated heterocycles. The minimum atomic E-state index is -0.867. The molecule has 0 aromatic heterocycles. The molecule has 25 heavy (non-hydrogen) atoms. The number of nitriles is 1. The molecule has 1 amide bonds. The van der Waals surface area contributed by atoms with Crippen LogP contribution in [0.3, 0.4) is 0 Å². The number of esters is 1. The number of nitrogens with one attached hydrogen (secondary N) is 1. The van der Waals surface area contributed by atoms with Crippen molar-refractivity contribution in [1.82, 2.24) is 5.32 Å². The van der Waals surface area contributed by atoms with Gasteiger partial charge in [0.25, 0.3) is 5.91 Å². The summed E-state index contributed by atoms with van der Waals surface area (Å²) in [5.74, 6) is -0.996. The maximum atomic E-state index is 12.1. The van der Waals surface area contributed by atoms with Gasteiger partial charge in [0.1, 0.15) is 5.54 Å². The average Bonchev–Trinajstić information content (AvgIpc) is 2.60. The van der Waals surface area contributed by atoms with Crippen molar-refractivity contribution in [3.8, 4) is 11.8 Å². The Balaban J connectivity index is 1.95. The second kappa shape index (κ2) is 8.41. The molecule has 0 bridgehead atoms. The number of rotatable bonds is 5. The summed E-state index contributed by atoms with van der Waals surface area (Å²) in [6, 6.07) is 4.88. The Kier molecular flexibility index (Phi) is 6.51. The third-order valence-electron chi connectivity index (χ3n) is 4.07. The van der Waals surface area contributed by atoms with Gasteiger partial charge in [0.2, 0.25) is 0 Å². The molecule has 1 N–H and O–H groups in total. The predicted octanol–water partition coefficient (Wildman–Crippen LogP) is 3.50. The molecule has 1 fully saturated rings. The molecular weight excluding hydrogens is 367 g/mol. The molecule has 6 nitrogen and oxygen atoms in total. The topological polar surface area (TPSA) is 88.4 Å². The highest BCUT2D eigenvalue weighted by Crippen LogP contribution is 2.34. The van der Waals surface area contributed by atoms with Gasteiger partial charge >= 0.3 is 5.97 Å². The minimum Gasteiger partial charge on any atom is -0.494 e. The van der Waals surface area contributed by atoms with Gasteiger partial charge in [0, 0.05) is 0 Å². The number of hydrogen-bond donors (Lipinski definition) is 1. The summed E-state index contributed by atoms with van der Waals surface area (Å²) in [7, 11) is 1.41. The van der Waals surface area contributed by atoms with Crippen LogP contribution in [0.15, 0.2) is 12.1 Å². The Hall–Kier alpha value is -1.97. The van der Waals surface area contributed by atoms with Crippen molar-refractivity contribution in [2.24, 2.45) is 0 Å². The highest BCUT2D eigenvalue weighted by Gasteiger charge is 2.33. The molecule has 1 aromatic carbocycles. The van der Waals surface area contributed by atoms with Crippen LogP contribution in [0.5, 0.6) is 5.75 Å². The highest BCUT2D eigenvalue weighted by molar-refractivity contribution is 6.37. The molecule has 1 aliphatic rings. The SMILES string of the molecule is COc1c(Cl)cc(C(=O)OCC(=O)NC2(C#N)CCCCC2)cc1Cl. The zero-order valence-corrected chi connectivity index (χ0v) is 15.2. The summed E-state index contributed by atoms with van der Waals surface area (Å²) < 4.78 is 9.99. The van der Waals surface area contributed by atoms with Crippen LogP contribution in [0.25, 0.3) is 0 Å². The number of ether oxygens (including phenoxy) is 2. The van der Waals surface area contributed by atoms with Gasteiger partial charge in [-0.05, 0) is 25.0 Å². The van der Waals surface area contributed by atoms with Gasteiger partial charge in [-0.3, -0.25) is 4.79 Å². The van der Waals surface area contributed by atoms with Crippen molar-refractivity contribution in [3.63, 3.8) is 0 Å². The van der Waals surface area contributed by atoms with Crippen molar-refractivity contribution in [3.05, 3.63) is 27.7 Å². The quantitative estimate of drug-likeness (QED) is 0.784. The molecule has 134 valence electrons. The Morgan fingerprint density at radius 1 is 1.24 bits per heavy atom. The van der Waals surface area contributed by atoms with Crippen LogP contribution >= 0.6 is 23.2 Å². The zero-order chi connectivity index (χ0) is 18.4. The summed E-state index contributed by atoms with van der Waals surface area (Å²) in [5, 5.41) is 12.4. The Morgan fingerprint density at radius 2 is 1.84 bits per heavy atom. The molecular formula is C17H18Cl2N2O4. The molecule has 8 heteroatoms. The van der Waals surface area contributed by atoms with Gasteiger partial charge in [-0.2, -0.15) is 5.26 Å². The lowest BCUT2D eigenvalue weighted by Crippen LogP contribution is -2.50.